The Morgan fingerprint density at radius 3 is 2.81 bits per heavy atom. The number of carbonyl (C=O) groups is 1. The number of nitrogens with zero attached hydrogens (tertiary/aromatic N) is 2. The Labute approximate surface area is 160 Å². The van der Waals surface area contributed by atoms with Gasteiger partial charge in [0.25, 0.3) is 0 Å². The molecule has 2 aromatic rings. The van der Waals surface area contributed by atoms with Crippen LogP contribution in [0.2, 0.25) is 0 Å². The first-order valence-corrected chi connectivity index (χ1v) is 9.58. The highest BCUT2D eigenvalue weighted by Gasteiger charge is 2.52. The normalized spacial score (nSPS) is 23.9. The van der Waals surface area contributed by atoms with Crippen LogP contribution in [-0.2, 0) is 11.8 Å². The van der Waals surface area contributed by atoms with Gasteiger partial charge < -0.3 is 9.64 Å². The highest BCUT2D eigenvalue weighted by atomic mass is 16.6. The average molecular weight is 365 g/mol. The molecule has 1 N–H and O–H groups in total. The zero-order valence-electron chi connectivity index (χ0n) is 16.5. The maximum absolute atomic E-state index is 12.4. The van der Waals surface area contributed by atoms with Gasteiger partial charge in [0.1, 0.15) is 5.75 Å². The molecule has 5 heteroatoms. The Morgan fingerprint density at radius 2 is 2.04 bits per heavy atom. The molecule has 5 nitrogen and oxygen atoms in total. The Morgan fingerprint density at radius 1 is 1.26 bits per heavy atom. The topological polar surface area (TPSA) is 44.8 Å². The number of likely N-dealkylation sites (tertiary alicyclic amines) is 1. The second-order valence-corrected chi connectivity index (χ2v) is 7.84. The number of nitrogens with one attached hydrogen (secondary N) is 1. The van der Waals surface area contributed by atoms with E-state index >= 15 is 0 Å². The Kier molecular flexibility index (Phi) is 4.35. The number of para-hydroxylation sites is 1. The molecule has 0 unspecified atom stereocenters. The minimum absolute atomic E-state index is 0.0590. The van der Waals surface area contributed by atoms with E-state index in [0.29, 0.717) is 11.9 Å². The van der Waals surface area contributed by atoms with E-state index in [1.54, 1.807) is 0 Å². The van der Waals surface area contributed by atoms with Gasteiger partial charge in [-0.1, -0.05) is 32.0 Å². The molecule has 2 aliphatic rings. The van der Waals surface area contributed by atoms with E-state index in [1.807, 2.05) is 36.4 Å². The van der Waals surface area contributed by atoms with Crippen LogP contribution in [0.5, 0.6) is 5.75 Å². The van der Waals surface area contributed by atoms with Crippen molar-refractivity contribution in [1.29, 1.82) is 0 Å². The molecule has 1 amide bonds. The molecule has 0 saturated carbocycles. The molecule has 27 heavy (non-hydrogen) atoms. The van der Waals surface area contributed by atoms with Crippen molar-refractivity contribution in [3.63, 3.8) is 0 Å². The number of ether oxygens (including phenoxy) is 1. The molecule has 142 valence electrons. The fraction of sp³-hybridized carbons (Fsp3) is 0.409. The van der Waals surface area contributed by atoms with Crippen molar-refractivity contribution in [3.05, 3.63) is 53.6 Å². The first-order valence-electron chi connectivity index (χ1n) is 9.58. The lowest BCUT2D eigenvalue weighted by Gasteiger charge is -2.32. The summed E-state index contributed by atoms with van der Waals surface area (Å²) in [6.45, 7) is 5.45. The van der Waals surface area contributed by atoms with Crippen molar-refractivity contribution in [2.75, 3.05) is 30.9 Å². The van der Waals surface area contributed by atoms with Crippen LogP contribution in [0, 0.1) is 0 Å². The summed E-state index contributed by atoms with van der Waals surface area (Å²) >= 11 is 0. The molecule has 4 rings (SSSR count). The molecule has 2 heterocycles. The Bertz CT molecular complexity index is 882. The number of fused-ring (bicyclic) bond motifs is 3. The summed E-state index contributed by atoms with van der Waals surface area (Å²) in [5.74, 6) is 0.588. The lowest BCUT2D eigenvalue weighted by atomic mass is 9.81. The molecule has 2 aliphatic heterocycles. The van der Waals surface area contributed by atoms with Crippen molar-refractivity contribution in [3.8, 4) is 5.75 Å². The van der Waals surface area contributed by atoms with Gasteiger partial charge in [0.05, 0.1) is 6.17 Å². The zero-order chi connectivity index (χ0) is 19.2. The standard InChI is InChI=1S/C22H27N3O2/c1-5-15-8-6-7-9-18(15)23-21(26)27-16-10-11-19-17(14-16)22(2)12-13-24(3)20(22)25(19)4/h6-11,14,20H,5,12-13H2,1-4H3,(H,23,26)/t20-,22+/m1/s1. The summed E-state index contributed by atoms with van der Waals surface area (Å²) in [7, 11) is 4.32. The number of rotatable bonds is 3. The lowest BCUT2D eigenvalue weighted by molar-refractivity contribution is 0.215. The minimum Gasteiger partial charge on any atom is -0.410 e. The van der Waals surface area contributed by atoms with Gasteiger partial charge in [0.2, 0.25) is 0 Å². The quantitative estimate of drug-likeness (QED) is 0.884. The average Bonchev–Trinajstić information content (AvgIpc) is 3.08. The van der Waals surface area contributed by atoms with Crippen LogP contribution in [-0.4, -0.2) is 37.8 Å². The number of benzene rings is 2. The van der Waals surface area contributed by atoms with Crippen LogP contribution in [0.25, 0.3) is 0 Å². The van der Waals surface area contributed by atoms with Crippen LogP contribution >= 0.6 is 0 Å². The molecule has 0 bridgehead atoms. The second-order valence-electron chi connectivity index (χ2n) is 7.84. The van der Waals surface area contributed by atoms with Crippen molar-refractivity contribution in [1.82, 2.24) is 4.90 Å². The molecule has 1 fully saturated rings. The number of hydrogen-bond acceptors (Lipinski definition) is 4. The third-order valence-corrected chi connectivity index (χ3v) is 6.15. The van der Waals surface area contributed by atoms with Gasteiger partial charge in [-0.3, -0.25) is 10.2 Å². The fourth-order valence-electron chi connectivity index (χ4n) is 4.81. The first-order chi connectivity index (χ1) is 12.9. The van der Waals surface area contributed by atoms with Gasteiger partial charge in [0, 0.05) is 30.4 Å². The van der Waals surface area contributed by atoms with E-state index in [1.165, 1.54) is 11.3 Å². The Hall–Kier alpha value is -2.53. The highest BCUT2D eigenvalue weighted by molar-refractivity contribution is 5.87. The number of aryl methyl sites for hydroxylation is 1. The van der Waals surface area contributed by atoms with Crippen molar-refractivity contribution < 1.29 is 9.53 Å². The van der Waals surface area contributed by atoms with E-state index in [0.717, 1.165) is 30.6 Å². The van der Waals surface area contributed by atoms with Crippen LogP contribution in [0.1, 0.15) is 31.4 Å². The smallest absolute Gasteiger partial charge is 0.410 e. The number of carbonyl (C=O) groups excluding carboxylic acids is 1. The molecule has 0 aromatic heterocycles. The van der Waals surface area contributed by atoms with E-state index < -0.39 is 6.09 Å². The molecule has 0 aliphatic carbocycles. The van der Waals surface area contributed by atoms with E-state index in [2.05, 4.69) is 49.1 Å². The van der Waals surface area contributed by atoms with E-state index in [9.17, 15) is 4.79 Å². The largest absolute Gasteiger partial charge is 0.417 e. The van der Waals surface area contributed by atoms with Crippen molar-refractivity contribution in [2.24, 2.45) is 0 Å². The number of amides is 1. The van der Waals surface area contributed by atoms with Gasteiger partial charge in [-0.15, -0.1) is 0 Å². The summed E-state index contributed by atoms with van der Waals surface area (Å²) in [4.78, 5) is 17.2. The molecular formula is C22H27N3O2. The first kappa shape index (κ1) is 17.9. The van der Waals surface area contributed by atoms with E-state index in [-0.39, 0.29) is 5.41 Å². The highest BCUT2D eigenvalue weighted by Crippen LogP contribution is 2.51. The van der Waals surface area contributed by atoms with Crippen LogP contribution in [0.15, 0.2) is 42.5 Å². The van der Waals surface area contributed by atoms with Crippen molar-refractivity contribution in [2.45, 2.75) is 38.3 Å². The minimum atomic E-state index is -0.451. The lowest BCUT2D eigenvalue weighted by Crippen LogP contribution is -2.45. The zero-order valence-corrected chi connectivity index (χ0v) is 16.5. The third-order valence-electron chi connectivity index (χ3n) is 6.15. The number of anilines is 2. The molecule has 1 saturated heterocycles. The molecule has 0 spiro atoms. The Balaban J connectivity index is 1.55. The van der Waals surface area contributed by atoms with Crippen LogP contribution in [0.3, 0.4) is 0 Å². The summed E-state index contributed by atoms with van der Waals surface area (Å²) in [6, 6.07) is 13.8. The maximum atomic E-state index is 12.4. The van der Waals surface area contributed by atoms with Gasteiger partial charge in [0.15, 0.2) is 0 Å². The predicted octanol–water partition coefficient (Wildman–Crippen LogP) is 4.23. The number of hydrogen-bond donors (Lipinski definition) is 1. The monoisotopic (exact) mass is 365 g/mol. The van der Waals surface area contributed by atoms with Crippen LogP contribution < -0.4 is 15.0 Å². The van der Waals surface area contributed by atoms with E-state index in [4.69, 9.17) is 4.74 Å². The summed E-state index contributed by atoms with van der Waals surface area (Å²) < 4.78 is 5.62. The van der Waals surface area contributed by atoms with Gasteiger partial charge in [-0.05, 0) is 55.3 Å². The molecular weight excluding hydrogens is 338 g/mol. The summed E-state index contributed by atoms with van der Waals surface area (Å²) in [6.07, 6.45) is 1.86. The SMILES string of the molecule is CCc1ccccc1NC(=O)Oc1ccc2c(c1)[C@]1(C)CCN(C)[C@@H]1N2C. The third kappa shape index (κ3) is 2.86. The fourth-order valence-corrected chi connectivity index (χ4v) is 4.81. The number of likely N-dealkylation sites (N-methyl/N-ethyl adjacent to an activating group) is 2. The summed E-state index contributed by atoms with van der Waals surface area (Å²) in [5.41, 5.74) is 4.44. The molecule has 0 radical (unpaired) electrons. The summed E-state index contributed by atoms with van der Waals surface area (Å²) in [5, 5.41) is 2.87. The van der Waals surface area contributed by atoms with Gasteiger partial charge in [-0.2, -0.15) is 0 Å². The second kappa shape index (κ2) is 6.57. The van der Waals surface area contributed by atoms with Gasteiger partial charge in [-0.25, -0.2) is 4.79 Å². The maximum Gasteiger partial charge on any atom is 0.417 e. The molecule has 2 aromatic carbocycles. The predicted molar refractivity (Wildman–Crippen MR) is 109 cm³/mol. The van der Waals surface area contributed by atoms with Gasteiger partial charge >= 0.3 is 6.09 Å². The van der Waals surface area contributed by atoms with Crippen LogP contribution in [0.4, 0.5) is 16.2 Å². The molecule has 2 atom stereocenters. The van der Waals surface area contributed by atoms with Crippen molar-refractivity contribution >= 4 is 17.5 Å².